The van der Waals surface area contributed by atoms with Crippen molar-refractivity contribution >= 4 is 17.5 Å². The molecule has 0 spiro atoms. The first-order valence-electron chi connectivity index (χ1n) is 9.75. The number of likely N-dealkylation sites (tertiary alicyclic amines) is 1. The third kappa shape index (κ3) is 4.50. The van der Waals surface area contributed by atoms with Gasteiger partial charge in [0, 0.05) is 30.1 Å². The normalized spacial score (nSPS) is 19.4. The smallest absolute Gasteiger partial charge is 0.289 e. The Morgan fingerprint density at radius 3 is 2.57 bits per heavy atom. The van der Waals surface area contributed by atoms with E-state index in [2.05, 4.69) is 0 Å². The Hall–Kier alpha value is -2.83. The number of para-hydroxylation sites is 1. The number of amides is 1. The molecular weight excluding hydrogens is 409 g/mol. The average molecular weight is 430 g/mol. The van der Waals surface area contributed by atoms with Crippen molar-refractivity contribution in [2.45, 2.75) is 25.0 Å². The fourth-order valence-electron chi connectivity index (χ4n) is 3.48. The van der Waals surface area contributed by atoms with Crippen LogP contribution < -0.4 is 4.74 Å². The van der Waals surface area contributed by atoms with E-state index in [1.807, 2.05) is 12.1 Å². The molecule has 3 aromatic rings. The van der Waals surface area contributed by atoms with Crippen LogP contribution in [0, 0.1) is 5.82 Å². The highest BCUT2D eigenvalue weighted by Crippen LogP contribution is 2.26. The Kier molecular flexibility index (Phi) is 6.06. The maximum Gasteiger partial charge on any atom is 0.289 e. The largest absolute Gasteiger partial charge is 0.485 e. The van der Waals surface area contributed by atoms with E-state index in [9.17, 15) is 14.3 Å². The van der Waals surface area contributed by atoms with E-state index in [1.165, 1.54) is 12.1 Å². The highest BCUT2D eigenvalue weighted by Gasteiger charge is 2.30. The van der Waals surface area contributed by atoms with Gasteiger partial charge >= 0.3 is 0 Å². The minimum absolute atomic E-state index is 0.0972. The van der Waals surface area contributed by atoms with Crippen molar-refractivity contribution in [2.24, 2.45) is 0 Å². The molecule has 1 aliphatic heterocycles. The molecule has 1 fully saturated rings. The van der Waals surface area contributed by atoms with Gasteiger partial charge < -0.3 is 19.2 Å². The van der Waals surface area contributed by atoms with Crippen molar-refractivity contribution in [2.75, 3.05) is 13.1 Å². The molecule has 0 unspecified atom stereocenters. The summed E-state index contributed by atoms with van der Waals surface area (Å²) in [5, 5.41) is 11.0. The van der Waals surface area contributed by atoms with Crippen molar-refractivity contribution in [3.63, 3.8) is 0 Å². The van der Waals surface area contributed by atoms with Gasteiger partial charge in [0.25, 0.3) is 5.91 Å². The van der Waals surface area contributed by atoms with Crippen molar-refractivity contribution in [1.82, 2.24) is 4.90 Å². The third-order valence-electron chi connectivity index (χ3n) is 5.16. The molecule has 5 nitrogen and oxygen atoms in total. The SMILES string of the molecule is O=C(c1ccc(-c2ccc(Cl)cc2)o1)N1CC[C@H](Oc2ccccc2F)[C@@H](O)CC1. The van der Waals surface area contributed by atoms with Gasteiger partial charge in [-0.2, -0.15) is 0 Å². The number of rotatable bonds is 4. The molecule has 156 valence electrons. The van der Waals surface area contributed by atoms with E-state index in [0.29, 0.717) is 36.7 Å². The standard InChI is InChI=1S/C23H21ClFNO4/c24-16-7-5-15(6-8-16)19-9-10-22(29-19)23(28)26-13-11-18(27)21(12-14-26)30-20-4-2-1-3-17(20)25/h1-10,18,21,27H,11-14H2/t18-,21-/m0/s1. The van der Waals surface area contributed by atoms with E-state index in [0.717, 1.165) is 5.56 Å². The summed E-state index contributed by atoms with van der Waals surface area (Å²) >= 11 is 5.91. The van der Waals surface area contributed by atoms with Gasteiger partial charge in [-0.3, -0.25) is 4.79 Å². The van der Waals surface area contributed by atoms with Gasteiger partial charge in [-0.05, 0) is 55.0 Å². The fourth-order valence-corrected chi connectivity index (χ4v) is 3.61. The number of ether oxygens (including phenoxy) is 1. The summed E-state index contributed by atoms with van der Waals surface area (Å²) in [6.07, 6.45) is -0.689. The molecule has 2 heterocycles. The van der Waals surface area contributed by atoms with Crippen molar-refractivity contribution in [1.29, 1.82) is 0 Å². The molecule has 0 radical (unpaired) electrons. The van der Waals surface area contributed by atoms with Crippen LogP contribution in [0.5, 0.6) is 5.75 Å². The van der Waals surface area contributed by atoms with Crippen LogP contribution in [0.1, 0.15) is 23.4 Å². The second-order valence-electron chi connectivity index (χ2n) is 7.19. The van der Waals surface area contributed by atoms with Crippen LogP contribution in [-0.2, 0) is 0 Å². The highest BCUT2D eigenvalue weighted by atomic mass is 35.5. The molecule has 1 aliphatic rings. The Bertz CT molecular complexity index is 1020. The lowest BCUT2D eigenvalue weighted by Crippen LogP contribution is -2.32. The minimum Gasteiger partial charge on any atom is -0.485 e. The highest BCUT2D eigenvalue weighted by molar-refractivity contribution is 6.30. The molecule has 2 aromatic carbocycles. The summed E-state index contributed by atoms with van der Waals surface area (Å²) in [6.45, 7) is 0.722. The Labute approximate surface area is 178 Å². The number of hydrogen-bond acceptors (Lipinski definition) is 4. The lowest BCUT2D eigenvalue weighted by Gasteiger charge is -2.21. The lowest BCUT2D eigenvalue weighted by atomic mass is 10.1. The summed E-state index contributed by atoms with van der Waals surface area (Å²) < 4.78 is 25.3. The maximum absolute atomic E-state index is 13.9. The molecule has 0 saturated carbocycles. The zero-order valence-electron chi connectivity index (χ0n) is 16.1. The molecule has 7 heteroatoms. The molecule has 2 atom stereocenters. The molecule has 0 bridgehead atoms. The molecule has 30 heavy (non-hydrogen) atoms. The number of aliphatic hydroxyl groups is 1. The number of hydrogen-bond donors (Lipinski definition) is 1. The number of benzene rings is 2. The first-order valence-corrected chi connectivity index (χ1v) is 10.1. The van der Waals surface area contributed by atoms with Crippen molar-refractivity contribution in [3.05, 3.63) is 77.3 Å². The quantitative estimate of drug-likeness (QED) is 0.648. The summed E-state index contributed by atoms with van der Waals surface area (Å²) in [7, 11) is 0. The van der Waals surface area contributed by atoms with Crippen LogP contribution in [0.2, 0.25) is 5.02 Å². The fraction of sp³-hybridized carbons (Fsp3) is 0.261. The van der Waals surface area contributed by atoms with Gasteiger partial charge in [0.05, 0.1) is 6.10 Å². The predicted molar refractivity (Wildman–Crippen MR) is 111 cm³/mol. The van der Waals surface area contributed by atoms with Crippen molar-refractivity contribution < 1.29 is 23.4 Å². The van der Waals surface area contributed by atoms with Crippen LogP contribution in [0.4, 0.5) is 4.39 Å². The van der Waals surface area contributed by atoms with Gasteiger partial charge in [-0.25, -0.2) is 4.39 Å². The zero-order chi connectivity index (χ0) is 21.1. The first kappa shape index (κ1) is 20.4. The van der Waals surface area contributed by atoms with Gasteiger partial charge in [0.1, 0.15) is 11.9 Å². The third-order valence-corrected chi connectivity index (χ3v) is 5.41. The molecule has 4 rings (SSSR count). The summed E-state index contributed by atoms with van der Waals surface area (Å²) in [5.74, 6) is 0.162. The van der Waals surface area contributed by atoms with Gasteiger partial charge in [0.2, 0.25) is 0 Å². The molecule has 1 amide bonds. The Morgan fingerprint density at radius 2 is 1.80 bits per heavy atom. The number of nitrogens with zero attached hydrogens (tertiary/aromatic N) is 1. The van der Waals surface area contributed by atoms with Crippen molar-refractivity contribution in [3.8, 4) is 17.1 Å². The van der Waals surface area contributed by atoms with Crippen LogP contribution in [0.25, 0.3) is 11.3 Å². The van der Waals surface area contributed by atoms with E-state index in [4.69, 9.17) is 20.8 Å². The van der Waals surface area contributed by atoms with Gasteiger partial charge in [-0.15, -0.1) is 0 Å². The zero-order valence-corrected chi connectivity index (χ0v) is 16.9. The summed E-state index contributed by atoms with van der Waals surface area (Å²) in [4.78, 5) is 14.5. The molecular formula is C23H21ClFNO4. The van der Waals surface area contributed by atoms with E-state index >= 15 is 0 Å². The monoisotopic (exact) mass is 429 g/mol. The number of halogens is 2. The van der Waals surface area contributed by atoms with Crippen LogP contribution >= 0.6 is 11.6 Å². The second kappa shape index (κ2) is 8.90. The van der Waals surface area contributed by atoms with E-state index in [1.54, 1.807) is 41.3 Å². The second-order valence-corrected chi connectivity index (χ2v) is 7.63. The minimum atomic E-state index is -0.802. The maximum atomic E-state index is 13.9. The van der Waals surface area contributed by atoms with Crippen LogP contribution in [0.3, 0.4) is 0 Å². The molecule has 1 N–H and O–H groups in total. The first-order chi connectivity index (χ1) is 14.5. The summed E-state index contributed by atoms with van der Waals surface area (Å²) in [5.41, 5.74) is 0.822. The topological polar surface area (TPSA) is 62.9 Å². The van der Waals surface area contributed by atoms with Crippen LogP contribution in [-0.4, -0.2) is 41.2 Å². The predicted octanol–water partition coefficient (Wildman–Crippen LogP) is 4.78. The number of furan rings is 1. The molecule has 1 aromatic heterocycles. The average Bonchev–Trinajstić information content (AvgIpc) is 3.17. The van der Waals surface area contributed by atoms with Gasteiger partial charge in [0.15, 0.2) is 17.3 Å². The summed E-state index contributed by atoms with van der Waals surface area (Å²) in [6, 6.07) is 16.6. The van der Waals surface area contributed by atoms with E-state index in [-0.39, 0.29) is 17.4 Å². The Morgan fingerprint density at radius 1 is 1.07 bits per heavy atom. The number of aliphatic hydroxyl groups excluding tert-OH is 1. The Balaban J connectivity index is 1.43. The van der Waals surface area contributed by atoms with Gasteiger partial charge in [-0.1, -0.05) is 23.7 Å². The molecule has 1 saturated heterocycles. The molecule has 0 aliphatic carbocycles. The lowest BCUT2D eigenvalue weighted by molar-refractivity contribution is 0.0328. The van der Waals surface area contributed by atoms with E-state index < -0.39 is 18.0 Å². The number of carbonyl (C=O) groups is 1. The van der Waals surface area contributed by atoms with Crippen LogP contribution in [0.15, 0.2) is 65.1 Å². The number of carbonyl (C=O) groups excluding carboxylic acids is 1.